The summed E-state index contributed by atoms with van der Waals surface area (Å²) in [5, 5.41) is 0. The highest BCUT2D eigenvalue weighted by Crippen LogP contribution is 2.38. The second-order valence-corrected chi connectivity index (χ2v) is 11.8. The second-order valence-electron chi connectivity index (χ2n) is 10.4. The minimum Gasteiger partial charge on any atom is -0.756 e. The Morgan fingerprint density at radius 1 is 0.750 bits per heavy atom. The molecule has 0 radical (unpaired) electrons. The fourth-order valence-electron chi connectivity index (χ4n) is 3.36. The molecule has 0 aromatic carbocycles. The highest BCUT2D eigenvalue weighted by molar-refractivity contribution is 7.45. The van der Waals surface area contributed by atoms with Crippen LogP contribution in [0.3, 0.4) is 0 Å². The number of carbonyl (C=O) groups is 2. The molecule has 214 valence electrons. The predicted molar refractivity (Wildman–Crippen MR) is 139 cm³/mol. The lowest BCUT2D eigenvalue weighted by Gasteiger charge is -2.28. The van der Waals surface area contributed by atoms with Gasteiger partial charge < -0.3 is 27.9 Å². The van der Waals surface area contributed by atoms with Crippen molar-refractivity contribution in [2.24, 2.45) is 0 Å². The zero-order chi connectivity index (χ0) is 27.3. The topological polar surface area (TPSA) is 111 Å². The number of hydrogen-bond acceptors (Lipinski definition) is 8. The van der Waals surface area contributed by atoms with Crippen LogP contribution in [0, 0.1) is 0 Å². The second kappa shape index (κ2) is 21.0. The van der Waals surface area contributed by atoms with Gasteiger partial charge in [-0.15, -0.1) is 0 Å². The van der Waals surface area contributed by atoms with Crippen molar-refractivity contribution >= 4 is 19.8 Å². The van der Waals surface area contributed by atoms with Crippen LogP contribution in [0.5, 0.6) is 0 Å². The number of quaternary nitrogens is 1. The summed E-state index contributed by atoms with van der Waals surface area (Å²) >= 11 is 0. The molecule has 0 aliphatic heterocycles. The summed E-state index contributed by atoms with van der Waals surface area (Å²) in [5.74, 6) is -0.867. The van der Waals surface area contributed by atoms with E-state index < -0.39 is 32.5 Å². The summed E-state index contributed by atoms with van der Waals surface area (Å²) in [7, 11) is 1.16. The molecule has 0 saturated carbocycles. The third kappa shape index (κ3) is 23.4. The first-order valence-electron chi connectivity index (χ1n) is 13.7. The average molecular weight is 538 g/mol. The number of rotatable bonds is 24. The minimum absolute atomic E-state index is 0.0280. The van der Waals surface area contributed by atoms with Crippen molar-refractivity contribution in [3.05, 3.63) is 0 Å². The molecule has 0 rings (SSSR count). The Bertz CT molecular complexity index is 624. The normalized spacial score (nSPS) is 14.3. The van der Waals surface area contributed by atoms with Crippen molar-refractivity contribution < 1.29 is 42.1 Å². The van der Waals surface area contributed by atoms with Crippen LogP contribution in [0.1, 0.15) is 104 Å². The van der Waals surface area contributed by atoms with Crippen molar-refractivity contribution in [1.82, 2.24) is 0 Å². The summed E-state index contributed by atoms with van der Waals surface area (Å²) in [6.07, 6.45) is 12.3. The highest BCUT2D eigenvalue weighted by Gasteiger charge is 2.21. The lowest BCUT2D eigenvalue weighted by molar-refractivity contribution is -0.870. The molecule has 10 heteroatoms. The minimum atomic E-state index is -4.58. The Balaban J connectivity index is 4.52. The molecule has 0 aliphatic rings. The van der Waals surface area contributed by atoms with E-state index in [0.29, 0.717) is 23.9 Å². The molecule has 0 aromatic heterocycles. The Labute approximate surface area is 219 Å². The number of carbonyl (C=O) groups excluding carboxylic acids is 2. The van der Waals surface area contributed by atoms with Crippen LogP contribution >= 0.6 is 7.82 Å². The maximum atomic E-state index is 12.3. The molecule has 0 N–H and O–H groups in total. The third-order valence-electron chi connectivity index (χ3n) is 5.63. The van der Waals surface area contributed by atoms with Crippen molar-refractivity contribution in [3.8, 4) is 0 Å². The van der Waals surface area contributed by atoms with E-state index in [-0.39, 0.29) is 26.1 Å². The molecular formula is C26H52NO8P. The van der Waals surface area contributed by atoms with E-state index in [9.17, 15) is 19.0 Å². The van der Waals surface area contributed by atoms with Crippen molar-refractivity contribution in [2.75, 3.05) is 47.5 Å². The van der Waals surface area contributed by atoms with Gasteiger partial charge in [-0.2, -0.15) is 0 Å². The van der Waals surface area contributed by atoms with Crippen molar-refractivity contribution in [3.63, 3.8) is 0 Å². The monoisotopic (exact) mass is 537 g/mol. The van der Waals surface area contributed by atoms with Crippen LogP contribution in [0.4, 0.5) is 0 Å². The summed E-state index contributed by atoms with van der Waals surface area (Å²) in [5.41, 5.74) is 0. The Morgan fingerprint density at radius 3 is 1.83 bits per heavy atom. The Hall–Kier alpha value is -0.990. The van der Waals surface area contributed by atoms with Gasteiger partial charge in [-0.05, 0) is 12.8 Å². The number of likely N-dealkylation sites (N-methyl/N-ethyl adjacent to an activating group) is 1. The van der Waals surface area contributed by atoms with Gasteiger partial charge in [-0.3, -0.25) is 14.2 Å². The summed E-state index contributed by atoms with van der Waals surface area (Å²) in [6.45, 7) is 3.97. The number of phosphoric ester groups is 1. The maximum Gasteiger partial charge on any atom is 0.306 e. The predicted octanol–water partition coefficient (Wildman–Crippen LogP) is 5.15. The molecule has 2 unspecified atom stereocenters. The Morgan fingerprint density at radius 2 is 1.25 bits per heavy atom. The van der Waals surface area contributed by atoms with Gasteiger partial charge in [0.1, 0.15) is 19.8 Å². The summed E-state index contributed by atoms with van der Waals surface area (Å²) < 4.78 is 33.1. The number of unbranched alkanes of at least 4 members (excludes halogenated alkanes) is 10. The number of hydrogen-bond donors (Lipinski definition) is 0. The maximum absolute atomic E-state index is 12.3. The van der Waals surface area contributed by atoms with Crippen LogP contribution in [0.15, 0.2) is 0 Å². The first kappa shape index (κ1) is 35.0. The molecular weight excluding hydrogens is 485 g/mol. The number of esters is 2. The SMILES string of the molecule is CCCCCCCCCCCC(=O)OC(COC(=O)CCCCC)COP(=O)([O-])OCC[N+](C)(C)C. The number of phosphoric acid groups is 1. The fourth-order valence-corrected chi connectivity index (χ4v) is 4.09. The molecule has 0 heterocycles. The quantitative estimate of drug-likeness (QED) is 0.0719. The van der Waals surface area contributed by atoms with Crippen molar-refractivity contribution in [1.29, 1.82) is 0 Å². The molecule has 9 nitrogen and oxygen atoms in total. The smallest absolute Gasteiger partial charge is 0.306 e. The van der Waals surface area contributed by atoms with Crippen LogP contribution in [0.25, 0.3) is 0 Å². The van der Waals surface area contributed by atoms with Gasteiger partial charge >= 0.3 is 11.9 Å². The van der Waals surface area contributed by atoms with Crippen LogP contribution < -0.4 is 4.89 Å². The zero-order valence-electron chi connectivity index (χ0n) is 23.5. The first-order chi connectivity index (χ1) is 17.0. The van der Waals surface area contributed by atoms with Gasteiger partial charge in [0.2, 0.25) is 0 Å². The highest BCUT2D eigenvalue weighted by atomic mass is 31.2. The van der Waals surface area contributed by atoms with Crippen LogP contribution in [-0.4, -0.2) is 70.0 Å². The number of nitrogens with zero attached hydrogens (tertiary/aromatic N) is 1. The molecule has 0 bridgehead atoms. The van der Waals surface area contributed by atoms with E-state index in [4.69, 9.17) is 18.5 Å². The largest absolute Gasteiger partial charge is 0.756 e. The first-order valence-corrected chi connectivity index (χ1v) is 15.2. The van der Waals surface area contributed by atoms with E-state index in [0.717, 1.165) is 32.1 Å². The standard InChI is InChI=1S/C26H52NO8P/c1-6-8-10-11-12-13-14-15-17-19-26(29)35-24(22-32-25(28)18-16-9-7-2)23-34-36(30,31)33-21-20-27(3,4)5/h24H,6-23H2,1-5H3. The van der Waals surface area contributed by atoms with Crippen LogP contribution in [0.2, 0.25) is 0 Å². The molecule has 0 saturated heterocycles. The molecule has 0 spiro atoms. The summed E-state index contributed by atoms with van der Waals surface area (Å²) in [4.78, 5) is 36.4. The third-order valence-corrected chi connectivity index (χ3v) is 6.59. The fraction of sp³-hybridized carbons (Fsp3) is 0.923. The molecule has 0 aliphatic carbocycles. The van der Waals surface area contributed by atoms with Crippen molar-refractivity contribution in [2.45, 2.75) is 110 Å². The Kier molecular flexibility index (Phi) is 20.4. The molecule has 0 amide bonds. The zero-order valence-corrected chi connectivity index (χ0v) is 24.4. The van der Waals surface area contributed by atoms with Gasteiger partial charge in [0.25, 0.3) is 7.82 Å². The molecule has 36 heavy (non-hydrogen) atoms. The average Bonchev–Trinajstić information content (AvgIpc) is 2.79. The van der Waals surface area contributed by atoms with Gasteiger partial charge in [0.05, 0.1) is 27.7 Å². The van der Waals surface area contributed by atoms with Crippen LogP contribution in [-0.2, 0) is 32.7 Å². The lowest BCUT2D eigenvalue weighted by Crippen LogP contribution is -2.37. The lowest BCUT2D eigenvalue weighted by atomic mass is 10.1. The van der Waals surface area contributed by atoms with Gasteiger partial charge in [-0.25, -0.2) is 0 Å². The molecule has 0 aromatic rings. The molecule has 2 atom stereocenters. The van der Waals surface area contributed by atoms with E-state index in [1.165, 1.54) is 32.1 Å². The van der Waals surface area contributed by atoms with Gasteiger partial charge in [0, 0.05) is 12.8 Å². The van der Waals surface area contributed by atoms with E-state index in [1.54, 1.807) is 0 Å². The number of ether oxygens (including phenoxy) is 2. The summed E-state index contributed by atoms with van der Waals surface area (Å²) in [6, 6.07) is 0. The van der Waals surface area contributed by atoms with E-state index in [2.05, 4.69) is 6.92 Å². The van der Waals surface area contributed by atoms with E-state index >= 15 is 0 Å². The molecule has 0 fully saturated rings. The van der Waals surface area contributed by atoms with E-state index in [1.807, 2.05) is 28.1 Å². The van der Waals surface area contributed by atoms with Gasteiger partial charge in [-0.1, -0.05) is 78.1 Å². The van der Waals surface area contributed by atoms with Gasteiger partial charge in [0.15, 0.2) is 6.10 Å².